The largest absolute Gasteiger partial charge is 0.480 e. The number of carboxylic acids is 1. The lowest BCUT2D eigenvalue weighted by Crippen LogP contribution is -2.42. The highest BCUT2D eigenvalue weighted by Gasteiger charge is 2.24. The van der Waals surface area contributed by atoms with Crippen LogP contribution < -0.4 is 10.1 Å². The fourth-order valence-electron chi connectivity index (χ4n) is 5.66. The zero-order valence-electron chi connectivity index (χ0n) is 24.9. The van der Waals surface area contributed by atoms with Gasteiger partial charge in [0.1, 0.15) is 23.2 Å². The Morgan fingerprint density at radius 1 is 1.00 bits per heavy atom. The van der Waals surface area contributed by atoms with Crippen LogP contribution in [0.25, 0.3) is 10.8 Å². The third kappa shape index (κ3) is 7.39. The number of hydrogen-bond donors (Lipinski definition) is 2. The number of carboxylic acid groups (broad SMARTS) is 1. The number of carbonyl (C=O) groups is 2. The molecule has 0 bridgehead atoms. The van der Waals surface area contributed by atoms with E-state index in [-0.39, 0.29) is 17.5 Å². The van der Waals surface area contributed by atoms with Crippen molar-refractivity contribution in [3.8, 4) is 17.6 Å². The van der Waals surface area contributed by atoms with Crippen molar-refractivity contribution < 1.29 is 19.4 Å². The van der Waals surface area contributed by atoms with Gasteiger partial charge in [0, 0.05) is 17.5 Å². The molecule has 1 fully saturated rings. The minimum Gasteiger partial charge on any atom is -0.480 e. The van der Waals surface area contributed by atoms with E-state index in [0.717, 1.165) is 41.5 Å². The lowest BCUT2D eigenvalue weighted by molar-refractivity contribution is -0.139. The van der Waals surface area contributed by atoms with Gasteiger partial charge >= 0.3 is 5.97 Å². The van der Waals surface area contributed by atoms with E-state index in [1.807, 2.05) is 36.4 Å². The van der Waals surface area contributed by atoms with E-state index in [1.54, 1.807) is 30.3 Å². The van der Waals surface area contributed by atoms with Crippen LogP contribution in [0.4, 0.5) is 0 Å². The van der Waals surface area contributed by atoms with Crippen molar-refractivity contribution in [2.45, 2.75) is 70.8 Å². The summed E-state index contributed by atoms with van der Waals surface area (Å²) in [7, 11) is 0. The Morgan fingerprint density at radius 2 is 1.67 bits per heavy atom. The molecule has 0 aliphatic heterocycles. The van der Waals surface area contributed by atoms with E-state index in [1.165, 1.54) is 18.4 Å². The van der Waals surface area contributed by atoms with Crippen LogP contribution in [0.2, 0.25) is 0 Å². The van der Waals surface area contributed by atoms with Crippen LogP contribution in [0.15, 0.2) is 72.8 Å². The molecule has 0 unspecified atom stereocenters. The molecule has 220 valence electrons. The normalized spacial score (nSPS) is 14.3. The molecule has 1 aromatic heterocycles. The van der Waals surface area contributed by atoms with Gasteiger partial charge < -0.3 is 15.2 Å². The fourth-order valence-corrected chi connectivity index (χ4v) is 5.66. The molecule has 43 heavy (non-hydrogen) atoms. The van der Waals surface area contributed by atoms with Gasteiger partial charge in [0.2, 0.25) is 0 Å². The predicted octanol–water partition coefficient (Wildman–Crippen LogP) is 7.35. The average Bonchev–Trinajstić information content (AvgIpc) is 3.50. The van der Waals surface area contributed by atoms with Crippen molar-refractivity contribution in [3.05, 3.63) is 101 Å². The molecule has 0 spiro atoms. The first-order valence-electron chi connectivity index (χ1n) is 14.8. The van der Waals surface area contributed by atoms with E-state index in [0.29, 0.717) is 22.8 Å². The molecule has 4 aromatic rings. The Balaban J connectivity index is 1.41. The molecule has 0 radical (unpaired) electrons. The molecule has 1 atom stereocenters. The summed E-state index contributed by atoms with van der Waals surface area (Å²) in [5.41, 5.74) is 3.50. The number of nitrogens with one attached hydrogen (secondary N) is 1. The van der Waals surface area contributed by atoms with Crippen LogP contribution in [-0.2, 0) is 23.1 Å². The summed E-state index contributed by atoms with van der Waals surface area (Å²) < 4.78 is 6.22. The number of nitriles is 1. The van der Waals surface area contributed by atoms with Crippen molar-refractivity contribution in [2.75, 3.05) is 0 Å². The van der Waals surface area contributed by atoms with Crippen molar-refractivity contribution in [1.82, 2.24) is 10.3 Å². The van der Waals surface area contributed by atoms with Gasteiger partial charge in [0.05, 0.1) is 11.6 Å². The van der Waals surface area contributed by atoms with E-state index in [2.05, 4.69) is 38.2 Å². The van der Waals surface area contributed by atoms with Gasteiger partial charge in [-0.15, -0.1) is 0 Å². The maximum absolute atomic E-state index is 13.4. The van der Waals surface area contributed by atoms with Crippen LogP contribution in [-0.4, -0.2) is 28.0 Å². The molecule has 1 saturated carbocycles. The lowest BCUT2D eigenvalue weighted by Gasteiger charge is -2.19. The number of aromatic nitrogens is 1. The van der Waals surface area contributed by atoms with Crippen molar-refractivity contribution in [2.24, 2.45) is 5.92 Å². The van der Waals surface area contributed by atoms with Gasteiger partial charge in [0.15, 0.2) is 0 Å². The van der Waals surface area contributed by atoms with Crippen LogP contribution in [0.3, 0.4) is 0 Å². The molecule has 7 nitrogen and oxygen atoms in total. The zero-order chi connectivity index (χ0) is 30.6. The van der Waals surface area contributed by atoms with E-state index < -0.39 is 17.9 Å². The topological polar surface area (TPSA) is 112 Å². The molecule has 5 rings (SSSR count). The molecule has 2 N–H and O–H groups in total. The van der Waals surface area contributed by atoms with E-state index >= 15 is 0 Å². The van der Waals surface area contributed by atoms with Crippen molar-refractivity contribution in [1.29, 1.82) is 5.26 Å². The second kappa shape index (κ2) is 12.7. The van der Waals surface area contributed by atoms with Crippen LogP contribution in [0, 0.1) is 17.2 Å². The first-order valence-corrected chi connectivity index (χ1v) is 14.8. The molecule has 1 aliphatic rings. The summed E-state index contributed by atoms with van der Waals surface area (Å²) in [5.74, 6) is 0.259. The number of aliphatic carboxylic acids is 1. The van der Waals surface area contributed by atoms with Gasteiger partial charge in [0.25, 0.3) is 5.91 Å². The Kier molecular flexibility index (Phi) is 8.77. The fraction of sp³-hybridized carbons (Fsp3) is 0.333. The Labute approximate surface area is 252 Å². The number of rotatable bonds is 9. The molecular weight excluding hydrogens is 538 g/mol. The summed E-state index contributed by atoms with van der Waals surface area (Å²) in [6.07, 6.45) is 5.47. The molecule has 3 aromatic carbocycles. The summed E-state index contributed by atoms with van der Waals surface area (Å²) in [6.45, 7) is 6.53. The highest BCUT2D eigenvalue weighted by molar-refractivity contribution is 5.99. The van der Waals surface area contributed by atoms with Crippen LogP contribution >= 0.6 is 0 Å². The molecule has 1 amide bonds. The second-order valence-electron chi connectivity index (χ2n) is 12.4. The Bertz CT molecular complexity index is 1660. The number of carbonyl (C=O) groups excluding carboxylic acids is 1. The zero-order valence-corrected chi connectivity index (χ0v) is 24.9. The SMILES string of the molecule is CC(C)(C)c1ccc(Oc2ccc3cc(C(=O)N[C@@H](Cc4ccc(C#N)cc4)C(=O)O)nc(CC4CCCC4)c3c2)cc1. The standard InChI is InChI=1S/C36H37N3O4/c1-36(2,3)27-13-16-28(17-14-27)43-29-15-12-26-20-32(38-31(30(26)21-29)18-23-6-4-5-7-23)34(40)39-33(35(41)42)19-24-8-10-25(22-37)11-9-24/h8-17,20-21,23,33H,4-7,18-19H2,1-3H3,(H,39,40)(H,41,42)/t33-/m0/s1. The van der Waals surface area contributed by atoms with Gasteiger partial charge in [-0.1, -0.05) is 76.8 Å². The monoisotopic (exact) mass is 575 g/mol. The Morgan fingerprint density at radius 3 is 2.30 bits per heavy atom. The first-order chi connectivity index (χ1) is 20.6. The number of ether oxygens (including phenoxy) is 1. The average molecular weight is 576 g/mol. The number of pyridine rings is 1. The van der Waals surface area contributed by atoms with Gasteiger partial charge in [-0.2, -0.15) is 5.26 Å². The number of hydrogen-bond acceptors (Lipinski definition) is 5. The van der Waals surface area contributed by atoms with Crippen molar-refractivity contribution >= 4 is 22.6 Å². The third-order valence-electron chi connectivity index (χ3n) is 8.16. The van der Waals surface area contributed by atoms with Gasteiger partial charge in [-0.05, 0) is 76.7 Å². The molecule has 1 aliphatic carbocycles. The number of amides is 1. The van der Waals surface area contributed by atoms with Crippen LogP contribution in [0.1, 0.15) is 79.3 Å². The lowest BCUT2D eigenvalue weighted by atomic mass is 9.87. The van der Waals surface area contributed by atoms with E-state index in [9.17, 15) is 14.7 Å². The first kappa shape index (κ1) is 29.8. The van der Waals surface area contributed by atoms with E-state index in [4.69, 9.17) is 15.0 Å². The molecule has 0 saturated heterocycles. The highest BCUT2D eigenvalue weighted by atomic mass is 16.5. The van der Waals surface area contributed by atoms with Crippen LogP contribution in [0.5, 0.6) is 11.5 Å². The summed E-state index contributed by atoms with van der Waals surface area (Å²) in [4.78, 5) is 30.2. The molecular formula is C36H37N3O4. The number of nitrogens with zero attached hydrogens (tertiary/aromatic N) is 2. The maximum atomic E-state index is 13.4. The smallest absolute Gasteiger partial charge is 0.326 e. The quantitative estimate of drug-likeness (QED) is 0.216. The minimum atomic E-state index is -1.14. The highest BCUT2D eigenvalue weighted by Crippen LogP contribution is 2.33. The van der Waals surface area contributed by atoms with Gasteiger partial charge in [-0.3, -0.25) is 4.79 Å². The number of benzene rings is 3. The van der Waals surface area contributed by atoms with Crippen molar-refractivity contribution in [3.63, 3.8) is 0 Å². The molecule has 1 heterocycles. The second-order valence-corrected chi connectivity index (χ2v) is 12.4. The Hall–Kier alpha value is -4.70. The number of fused-ring (bicyclic) bond motifs is 1. The summed E-state index contributed by atoms with van der Waals surface area (Å²) >= 11 is 0. The summed E-state index contributed by atoms with van der Waals surface area (Å²) in [5, 5.41) is 23.3. The predicted molar refractivity (Wildman–Crippen MR) is 166 cm³/mol. The minimum absolute atomic E-state index is 0.0560. The summed E-state index contributed by atoms with van der Waals surface area (Å²) in [6, 6.07) is 23.2. The third-order valence-corrected chi connectivity index (χ3v) is 8.16. The van der Waals surface area contributed by atoms with Gasteiger partial charge in [-0.25, -0.2) is 9.78 Å². The maximum Gasteiger partial charge on any atom is 0.326 e. The molecule has 7 heteroatoms.